The number of hydrogen-bond donors (Lipinski definition) is 2. The van der Waals surface area contributed by atoms with Crippen LogP contribution in [0.1, 0.15) is 370 Å². The minimum Gasteiger partial charge on any atom is -0.465 e. The Bertz CT molecular complexity index is 2350. The molecule has 0 amide bonds. The van der Waals surface area contributed by atoms with E-state index in [4.69, 9.17) is 28.4 Å². The summed E-state index contributed by atoms with van der Waals surface area (Å²) < 4.78 is 33.3. The summed E-state index contributed by atoms with van der Waals surface area (Å²) in [5, 5.41) is 18.9. The third kappa shape index (κ3) is 56.7. The van der Waals surface area contributed by atoms with E-state index in [9.17, 15) is 43.8 Å². The van der Waals surface area contributed by atoms with Crippen molar-refractivity contribution in [1.82, 2.24) is 0 Å². The van der Waals surface area contributed by atoms with Crippen LogP contribution in [0.2, 0.25) is 0 Å². The summed E-state index contributed by atoms with van der Waals surface area (Å²) in [5.41, 5.74) is 0. The standard InChI is InChI=1S/C90H154O15/c1-8-13-17-20-23-33-41-51-60-77(59-50-40-21-18-14-9-2)71-102-88(97)75(6)79(62-49-16-11-4)63-54-44-35-30-28-32-37-47-57-67-85(94)101-74-82(73-100-84(93)66-56-46-36-31-27-25-24-26-29-34-43-52-61-78(12-5)83-69-87(96)105-90(83)99)104-86(95)68-58-48-39-38-45-55-65-80(64-53-42-22-19-15-10-3)76(7)89(98)103-72-81(92)70-91/h24,26,34-35,43-44,52,54-55,61,63,65,75-83,91-92H,8-23,25,27-33,36-42,45-51,53,56-60,62,64,66-74H2,1-7H3/b26-24-,43-34-,44-35-,61-52+,63-54+,65-55+. The summed E-state index contributed by atoms with van der Waals surface area (Å²) in [7, 11) is 0. The number of unbranched alkanes of at least 4 members (excludes halogenated alkanes) is 33. The highest BCUT2D eigenvalue weighted by molar-refractivity contribution is 5.95. The molecular weight excluding hydrogens is 1320 g/mol. The SMILES string of the molecule is CCCCCCCCCCC(CCCCCCCC)COC(=O)C(C)C(/C=C/C=C\CCCCCCCC(=O)OCC(COC(=O)CCCCCCC/C=C\C/C=C\C=C\C(CC)C1CC(=O)OC1=O)OC(=O)CCCCCC/C=C/C(CCCCCCCC)C(C)C(=O)OCC(O)CO)CCCCC. The molecule has 0 aromatic carbocycles. The number of aliphatic hydroxyl groups excluding tert-OH is 2. The molecule has 0 bridgehead atoms. The molecule has 1 fully saturated rings. The second kappa shape index (κ2) is 70.5. The number of allylic oxidation sites excluding steroid dienone is 12. The average Bonchev–Trinajstić information content (AvgIpc) is 1.68. The zero-order chi connectivity index (χ0) is 76.9. The van der Waals surface area contributed by atoms with Gasteiger partial charge in [-0.15, -0.1) is 0 Å². The molecular formula is C90H154O15. The van der Waals surface area contributed by atoms with Gasteiger partial charge in [-0.25, -0.2) is 0 Å². The first-order chi connectivity index (χ1) is 51.1. The van der Waals surface area contributed by atoms with Gasteiger partial charge in [0.2, 0.25) is 0 Å². The molecule has 0 saturated carbocycles. The summed E-state index contributed by atoms with van der Waals surface area (Å²) in [6, 6.07) is 0. The van der Waals surface area contributed by atoms with Gasteiger partial charge in [-0.1, -0.05) is 320 Å². The Kier molecular flexibility index (Phi) is 65.7. The third-order valence-corrected chi connectivity index (χ3v) is 20.7. The van der Waals surface area contributed by atoms with Crippen LogP contribution in [0.15, 0.2) is 72.9 Å². The summed E-state index contributed by atoms with van der Waals surface area (Å²) in [6.07, 6.45) is 73.4. The lowest BCUT2D eigenvalue weighted by atomic mass is 9.88. The fraction of sp³-hybridized carbons (Fsp3) is 0.789. The molecule has 9 atom stereocenters. The lowest BCUT2D eigenvalue weighted by molar-refractivity contribution is -0.167. The van der Waals surface area contributed by atoms with E-state index < -0.39 is 42.6 Å². The number of rotatable bonds is 73. The molecule has 15 heteroatoms. The van der Waals surface area contributed by atoms with Gasteiger partial charge in [-0.05, 0) is 120 Å². The van der Waals surface area contributed by atoms with Crippen LogP contribution in [-0.4, -0.2) is 97.2 Å². The maximum Gasteiger partial charge on any atom is 0.317 e. The van der Waals surface area contributed by atoms with Gasteiger partial charge < -0.3 is 38.6 Å². The molecule has 1 aliphatic heterocycles. The van der Waals surface area contributed by atoms with Crippen LogP contribution < -0.4 is 0 Å². The van der Waals surface area contributed by atoms with Crippen molar-refractivity contribution in [2.45, 2.75) is 382 Å². The Morgan fingerprint density at radius 2 is 0.838 bits per heavy atom. The van der Waals surface area contributed by atoms with E-state index in [1.165, 1.54) is 116 Å². The molecule has 0 aliphatic carbocycles. The minimum absolute atomic E-state index is 0.00298. The average molecular weight is 1480 g/mol. The van der Waals surface area contributed by atoms with Gasteiger partial charge in [0.15, 0.2) is 6.10 Å². The molecule has 1 aliphatic rings. The van der Waals surface area contributed by atoms with Gasteiger partial charge in [-0.3, -0.25) is 33.6 Å². The molecule has 604 valence electrons. The van der Waals surface area contributed by atoms with Gasteiger partial charge in [-0.2, -0.15) is 0 Å². The maximum absolute atomic E-state index is 13.6. The van der Waals surface area contributed by atoms with Gasteiger partial charge in [0.25, 0.3) is 0 Å². The van der Waals surface area contributed by atoms with Crippen molar-refractivity contribution in [2.75, 3.05) is 33.0 Å². The summed E-state index contributed by atoms with van der Waals surface area (Å²) in [6.45, 7) is 14.3. The fourth-order valence-electron chi connectivity index (χ4n) is 13.5. The van der Waals surface area contributed by atoms with E-state index in [0.717, 1.165) is 161 Å². The highest BCUT2D eigenvalue weighted by Crippen LogP contribution is 2.30. The van der Waals surface area contributed by atoms with Crippen LogP contribution in [0.4, 0.5) is 0 Å². The molecule has 15 nitrogen and oxygen atoms in total. The monoisotopic (exact) mass is 1480 g/mol. The van der Waals surface area contributed by atoms with E-state index in [1.54, 1.807) is 0 Å². The van der Waals surface area contributed by atoms with Gasteiger partial charge in [0.05, 0.1) is 37.4 Å². The molecule has 1 saturated heterocycles. The Morgan fingerprint density at radius 1 is 0.429 bits per heavy atom. The van der Waals surface area contributed by atoms with Crippen molar-refractivity contribution in [2.24, 2.45) is 41.4 Å². The van der Waals surface area contributed by atoms with Crippen molar-refractivity contribution < 1.29 is 72.2 Å². The van der Waals surface area contributed by atoms with E-state index in [0.29, 0.717) is 31.8 Å². The molecule has 0 aromatic rings. The van der Waals surface area contributed by atoms with Gasteiger partial charge >= 0.3 is 41.8 Å². The van der Waals surface area contributed by atoms with Crippen LogP contribution in [0, 0.1) is 41.4 Å². The molecule has 105 heavy (non-hydrogen) atoms. The Labute approximate surface area is 639 Å². The fourth-order valence-corrected chi connectivity index (χ4v) is 13.5. The molecule has 0 aromatic heterocycles. The maximum atomic E-state index is 13.6. The smallest absolute Gasteiger partial charge is 0.317 e. The number of carbonyl (C=O) groups excluding carboxylic acids is 7. The summed E-state index contributed by atoms with van der Waals surface area (Å²) >= 11 is 0. The minimum atomic E-state index is -1.10. The molecule has 1 heterocycles. The first-order valence-electron chi connectivity index (χ1n) is 43.0. The topological polar surface area (TPSA) is 215 Å². The first kappa shape index (κ1) is 97.9. The lowest BCUT2D eigenvalue weighted by Gasteiger charge is -2.22. The Hall–Kier alpha value is -5.15. The zero-order valence-corrected chi connectivity index (χ0v) is 67.7. The van der Waals surface area contributed by atoms with Crippen LogP contribution in [0.5, 0.6) is 0 Å². The van der Waals surface area contributed by atoms with Gasteiger partial charge in [0, 0.05) is 19.3 Å². The molecule has 2 N–H and O–H groups in total. The molecule has 0 radical (unpaired) electrons. The third-order valence-electron chi connectivity index (χ3n) is 20.7. The van der Waals surface area contributed by atoms with Crippen LogP contribution in [0.3, 0.4) is 0 Å². The summed E-state index contributed by atoms with van der Waals surface area (Å²) in [4.78, 5) is 89.2. The van der Waals surface area contributed by atoms with Gasteiger partial charge in [0.1, 0.15) is 25.9 Å². The second-order valence-corrected chi connectivity index (χ2v) is 30.2. The number of hydrogen-bond acceptors (Lipinski definition) is 15. The number of cyclic esters (lactones) is 2. The van der Waals surface area contributed by atoms with Crippen molar-refractivity contribution >= 4 is 41.8 Å². The van der Waals surface area contributed by atoms with E-state index in [2.05, 4.69) is 89.3 Å². The quantitative estimate of drug-likeness (QED) is 0.0145. The van der Waals surface area contributed by atoms with Crippen molar-refractivity contribution in [3.05, 3.63) is 72.9 Å². The molecule has 1 rings (SSSR count). The molecule has 0 spiro atoms. The van der Waals surface area contributed by atoms with Crippen molar-refractivity contribution in [1.29, 1.82) is 0 Å². The first-order valence-corrected chi connectivity index (χ1v) is 43.0. The predicted octanol–water partition coefficient (Wildman–Crippen LogP) is 22.8. The van der Waals surface area contributed by atoms with Crippen LogP contribution >= 0.6 is 0 Å². The number of carbonyl (C=O) groups is 7. The Balaban J connectivity index is 2.73. The predicted molar refractivity (Wildman–Crippen MR) is 428 cm³/mol. The largest absolute Gasteiger partial charge is 0.465 e. The Morgan fingerprint density at radius 3 is 1.33 bits per heavy atom. The number of esters is 7. The van der Waals surface area contributed by atoms with Crippen LogP contribution in [-0.2, 0) is 62.0 Å². The van der Waals surface area contributed by atoms with Crippen molar-refractivity contribution in [3.63, 3.8) is 0 Å². The van der Waals surface area contributed by atoms with Crippen LogP contribution in [0.25, 0.3) is 0 Å². The highest BCUT2D eigenvalue weighted by Gasteiger charge is 2.37. The van der Waals surface area contributed by atoms with E-state index >= 15 is 0 Å². The number of ether oxygens (including phenoxy) is 6. The highest BCUT2D eigenvalue weighted by atomic mass is 16.6. The lowest BCUT2D eigenvalue weighted by Crippen LogP contribution is -2.30. The van der Waals surface area contributed by atoms with Crippen molar-refractivity contribution in [3.8, 4) is 0 Å². The normalized spacial score (nSPS) is 15.8. The van der Waals surface area contributed by atoms with E-state index in [-0.39, 0.29) is 99.0 Å². The second-order valence-electron chi connectivity index (χ2n) is 30.2. The summed E-state index contributed by atoms with van der Waals surface area (Å²) in [5.74, 6) is -2.89. The van der Waals surface area contributed by atoms with E-state index in [1.807, 2.05) is 32.1 Å². The zero-order valence-electron chi connectivity index (χ0n) is 67.7. The number of aliphatic hydroxyl groups is 2. The molecule has 9 unspecified atom stereocenters.